The number of hydrogen-bond donors (Lipinski definition) is 0. The lowest BCUT2D eigenvalue weighted by atomic mass is 9.94. The van der Waals surface area contributed by atoms with E-state index >= 15 is 0 Å². The number of methoxy groups -OCH3 is 2. The van der Waals surface area contributed by atoms with Gasteiger partial charge in [-0.25, -0.2) is 0 Å². The standard InChI is InChI=1S/C23H27NO3/c1-14(2)17-11-19(23(27-6)12-22(17)26-5)21(25)10-16-7-8-20-18(9-16)15(3)13-24(20)4/h7-9,11-14H,10H2,1-6H3. The van der Waals surface area contributed by atoms with Crippen molar-refractivity contribution in [3.63, 3.8) is 0 Å². The summed E-state index contributed by atoms with van der Waals surface area (Å²) in [5, 5.41) is 1.19. The summed E-state index contributed by atoms with van der Waals surface area (Å²) in [4.78, 5) is 13.1. The smallest absolute Gasteiger partial charge is 0.170 e. The normalized spacial score (nSPS) is 11.2. The Morgan fingerprint density at radius 1 is 1.07 bits per heavy atom. The van der Waals surface area contributed by atoms with E-state index in [1.807, 2.05) is 25.2 Å². The molecule has 0 aliphatic rings. The lowest BCUT2D eigenvalue weighted by Crippen LogP contribution is -2.08. The highest BCUT2D eigenvalue weighted by Gasteiger charge is 2.19. The molecule has 0 atom stereocenters. The molecule has 0 bridgehead atoms. The highest BCUT2D eigenvalue weighted by Crippen LogP contribution is 2.34. The molecular weight excluding hydrogens is 338 g/mol. The second kappa shape index (κ2) is 7.47. The number of carbonyl (C=O) groups excluding carboxylic acids is 1. The van der Waals surface area contributed by atoms with Crippen molar-refractivity contribution in [3.05, 3.63) is 58.8 Å². The molecule has 1 aromatic heterocycles. The molecule has 3 aromatic rings. The molecule has 2 aromatic carbocycles. The number of ketones is 1. The van der Waals surface area contributed by atoms with Crippen LogP contribution in [-0.4, -0.2) is 24.6 Å². The van der Waals surface area contributed by atoms with Gasteiger partial charge in [-0.2, -0.15) is 0 Å². The van der Waals surface area contributed by atoms with E-state index in [1.54, 1.807) is 14.2 Å². The highest BCUT2D eigenvalue weighted by atomic mass is 16.5. The third-order valence-electron chi connectivity index (χ3n) is 5.09. The van der Waals surface area contributed by atoms with Crippen LogP contribution in [0.2, 0.25) is 0 Å². The first-order valence-electron chi connectivity index (χ1n) is 9.19. The fraction of sp³-hybridized carbons (Fsp3) is 0.348. The predicted molar refractivity (Wildman–Crippen MR) is 109 cm³/mol. The van der Waals surface area contributed by atoms with Gasteiger partial charge >= 0.3 is 0 Å². The molecule has 142 valence electrons. The number of benzene rings is 2. The molecule has 0 N–H and O–H groups in total. The average molecular weight is 365 g/mol. The van der Waals surface area contributed by atoms with Crippen LogP contribution in [0, 0.1) is 6.92 Å². The minimum absolute atomic E-state index is 0.0457. The van der Waals surface area contributed by atoms with Gasteiger partial charge in [-0.15, -0.1) is 0 Å². The van der Waals surface area contributed by atoms with Crippen molar-refractivity contribution in [1.82, 2.24) is 4.57 Å². The fourth-order valence-corrected chi connectivity index (χ4v) is 3.62. The van der Waals surface area contributed by atoms with Gasteiger partial charge in [-0.3, -0.25) is 4.79 Å². The first-order chi connectivity index (χ1) is 12.8. The molecule has 0 radical (unpaired) electrons. The monoisotopic (exact) mass is 365 g/mol. The lowest BCUT2D eigenvalue weighted by Gasteiger charge is -2.16. The summed E-state index contributed by atoms with van der Waals surface area (Å²) in [6.45, 7) is 6.27. The first-order valence-corrected chi connectivity index (χ1v) is 9.19. The Hall–Kier alpha value is -2.75. The van der Waals surface area contributed by atoms with Gasteiger partial charge in [0.1, 0.15) is 11.5 Å². The number of carbonyl (C=O) groups is 1. The SMILES string of the molecule is COc1cc(OC)c(C(C)C)cc1C(=O)Cc1ccc2c(c1)c(C)cn2C. The van der Waals surface area contributed by atoms with Crippen molar-refractivity contribution in [1.29, 1.82) is 0 Å². The summed E-state index contributed by atoms with van der Waals surface area (Å²) >= 11 is 0. The maximum absolute atomic E-state index is 13.1. The van der Waals surface area contributed by atoms with Crippen molar-refractivity contribution < 1.29 is 14.3 Å². The van der Waals surface area contributed by atoms with E-state index in [-0.39, 0.29) is 11.7 Å². The van der Waals surface area contributed by atoms with Gasteiger partial charge in [-0.1, -0.05) is 19.9 Å². The minimum atomic E-state index is 0.0457. The number of rotatable bonds is 6. The van der Waals surface area contributed by atoms with Gasteiger partial charge in [-0.05, 0) is 47.7 Å². The van der Waals surface area contributed by atoms with Gasteiger partial charge in [0.05, 0.1) is 19.8 Å². The van der Waals surface area contributed by atoms with Crippen LogP contribution in [0.1, 0.15) is 46.8 Å². The summed E-state index contributed by atoms with van der Waals surface area (Å²) in [5.41, 5.74) is 5.01. The second-order valence-corrected chi connectivity index (χ2v) is 7.32. The Kier molecular flexibility index (Phi) is 5.26. The van der Waals surface area contributed by atoms with Crippen LogP contribution in [0.3, 0.4) is 0 Å². The molecule has 4 nitrogen and oxygen atoms in total. The van der Waals surface area contributed by atoms with Crippen LogP contribution in [0.15, 0.2) is 36.5 Å². The maximum atomic E-state index is 13.1. The lowest BCUT2D eigenvalue weighted by molar-refractivity contribution is 0.0990. The first kappa shape index (κ1) is 19.0. The molecule has 3 rings (SSSR count). The Morgan fingerprint density at radius 2 is 1.78 bits per heavy atom. The molecule has 0 amide bonds. The van der Waals surface area contributed by atoms with Crippen molar-refractivity contribution in [2.75, 3.05) is 14.2 Å². The number of aromatic nitrogens is 1. The maximum Gasteiger partial charge on any atom is 0.170 e. The van der Waals surface area contributed by atoms with Crippen molar-refractivity contribution in [3.8, 4) is 11.5 Å². The van der Waals surface area contributed by atoms with E-state index < -0.39 is 0 Å². The summed E-state index contributed by atoms with van der Waals surface area (Å²) in [7, 11) is 5.26. The van der Waals surface area contributed by atoms with Crippen LogP contribution < -0.4 is 9.47 Å². The molecule has 0 aliphatic heterocycles. The summed E-state index contributed by atoms with van der Waals surface area (Å²) in [5.74, 6) is 1.60. The van der Waals surface area contributed by atoms with Crippen molar-refractivity contribution >= 4 is 16.7 Å². The zero-order chi connectivity index (χ0) is 19.7. The number of nitrogens with zero attached hydrogens (tertiary/aromatic N) is 1. The van der Waals surface area contributed by atoms with E-state index in [0.717, 1.165) is 16.9 Å². The largest absolute Gasteiger partial charge is 0.496 e. The van der Waals surface area contributed by atoms with Crippen LogP contribution in [0.4, 0.5) is 0 Å². The average Bonchev–Trinajstić information content (AvgIpc) is 2.93. The minimum Gasteiger partial charge on any atom is -0.496 e. The van der Waals surface area contributed by atoms with E-state index in [9.17, 15) is 4.79 Å². The number of ether oxygens (including phenoxy) is 2. The zero-order valence-corrected chi connectivity index (χ0v) is 16.9. The molecule has 27 heavy (non-hydrogen) atoms. The summed E-state index contributed by atoms with van der Waals surface area (Å²) < 4.78 is 13.1. The van der Waals surface area contributed by atoms with E-state index in [0.29, 0.717) is 17.7 Å². The van der Waals surface area contributed by atoms with Crippen molar-refractivity contribution in [2.45, 2.75) is 33.1 Å². The van der Waals surface area contributed by atoms with Gasteiger partial charge in [0, 0.05) is 36.6 Å². The van der Waals surface area contributed by atoms with Gasteiger partial charge in [0.25, 0.3) is 0 Å². The molecule has 0 saturated heterocycles. The highest BCUT2D eigenvalue weighted by molar-refractivity contribution is 6.01. The molecule has 0 fully saturated rings. The third kappa shape index (κ3) is 3.57. The van der Waals surface area contributed by atoms with E-state index in [2.05, 4.69) is 43.7 Å². The number of aryl methyl sites for hydroxylation is 2. The van der Waals surface area contributed by atoms with Crippen LogP contribution in [0.5, 0.6) is 11.5 Å². The van der Waals surface area contributed by atoms with Gasteiger partial charge in [0.2, 0.25) is 0 Å². The molecule has 0 aliphatic carbocycles. The molecular formula is C23H27NO3. The van der Waals surface area contributed by atoms with E-state index in [1.165, 1.54) is 16.5 Å². The van der Waals surface area contributed by atoms with Crippen LogP contribution in [-0.2, 0) is 13.5 Å². The third-order valence-corrected chi connectivity index (χ3v) is 5.09. The zero-order valence-electron chi connectivity index (χ0n) is 16.9. The fourth-order valence-electron chi connectivity index (χ4n) is 3.62. The molecule has 4 heteroatoms. The number of fused-ring (bicyclic) bond motifs is 1. The topological polar surface area (TPSA) is 40.5 Å². The van der Waals surface area contributed by atoms with E-state index in [4.69, 9.17) is 9.47 Å². The molecule has 0 unspecified atom stereocenters. The summed E-state index contributed by atoms with van der Waals surface area (Å²) in [6.07, 6.45) is 2.45. The Labute approximate surface area is 160 Å². The second-order valence-electron chi connectivity index (χ2n) is 7.32. The van der Waals surface area contributed by atoms with Gasteiger partial charge in [0.15, 0.2) is 5.78 Å². The molecule has 1 heterocycles. The Morgan fingerprint density at radius 3 is 2.41 bits per heavy atom. The summed E-state index contributed by atoms with van der Waals surface area (Å²) in [6, 6.07) is 9.95. The Balaban J connectivity index is 1.98. The van der Waals surface area contributed by atoms with Crippen molar-refractivity contribution in [2.24, 2.45) is 7.05 Å². The number of hydrogen-bond acceptors (Lipinski definition) is 3. The molecule has 0 spiro atoms. The van der Waals surface area contributed by atoms with Crippen LogP contribution >= 0.6 is 0 Å². The number of Topliss-reactive ketones (excluding diaryl/α,β-unsaturated/α-hetero) is 1. The van der Waals surface area contributed by atoms with Gasteiger partial charge < -0.3 is 14.0 Å². The Bertz CT molecular complexity index is 999. The molecule has 0 saturated carbocycles. The van der Waals surface area contributed by atoms with Crippen LogP contribution in [0.25, 0.3) is 10.9 Å². The predicted octanol–water partition coefficient (Wildman–Crippen LogP) is 5.05. The quantitative estimate of drug-likeness (QED) is 0.574.